The van der Waals surface area contributed by atoms with Crippen molar-refractivity contribution in [2.75, 3.05) is 11.9 Å². The highest BCUT2D eigenvalue weighted by molar-refractivity contribution is 7.21. The van der Waals surface area contributed by atoms with Gasteiger partial charge in [0.15, 0.2) is 0 Å². The fourth-order valence-corrected chi connectivity index (χ4v) is 4.43. The first-order valence-corrected chi connectivity index (χ1v) is 10.3. The van der Waals surface area contributed by atoms with Gasteiger partial charge in [0.1, 0.15) is 11.2 Å². The lowest BCUT2D eigenvalue weighted by Gasteiger charge is -2.11. The van der Waals surface area contributed by atoms with Crippen LogP contribution in [0.25, 0.3) is 32.0 Å². The number of fused-ring (bicyclic) bond motifs is 1. The molecule has 0 unspecified atom stereocenters. The molecule has 0 aliphatic heterocycles. The lowest BCUT2D eigenvalue weighted by molar-refractivity contribution is 0.734. The van der Waals surface area contributed by atoms with Gasteiger partial charge in [-0.2, -0.15) is 0 Å². The number of aromatic nitrogens is 4. The number of benzene rings is 2. The van der Waals surface area contributed by atoms with Crippen LogP contribution in [0.3, 0.4) is 0 Å². The topological polar surface area (TPSA) is 55.6 Å². The predicted octanol–water partition coefficient (Wildman–Crippen LogP) is 5.33. The second-order valence-electron chi connectivity index (χ2n) is 6.69. The van der Waals surface area contributed by atoms with Gasteiger partial charge in [0.05, 0.1) is 22.6 Å². The first-order chi connectivity index (χ1) is 14.4. The fraction of sp³-hybridized carbons (Fsp3) is 0.0870. The van der Waals surface area contributed by atoms with Gasteiger partial charge in [-0.1, -0.05) is 48.5 Å². The Hall–Kier alpha value is -3.51. The van der Waals surface area contributed by atoms with Crippen LogP contribution in [0, 0.1) is 0 Å². The molecule has 2 aromatic carbocycles. The molecule has 5 rings (SSSR count). The van der Waals surface area contributed by atoms with Crippen molar-refractivity contribution in [3.8, 4) is 21.8 Å². The average molecular weight is 398 g/mol. The van der Waals surface area contributed by atoms with Gasteiger partial charge in [0.25, 0.3) is 0 Å². The minimum atomic E-state index is 0.810. The van der Waals surface area contributed by atoms with Crippen LogP contribution in [-0.2, 0) is 6.54 Å². The van der Waals surface area contributed by atoms with Crippen molar-refractivity contribution < 1.29 is 0 Å². The van der Waals surface area contributed by atoms with Gasteiger partial charge in [-0.25, -0.2) is 15.0 Å². The number of rotatable bonds is 6. The number of hydrogen-bond donors (Lipinski definition) is 1. The number of imidazole rings is 1. The summed E-state index contributed by atoms with van der Waals surface area (Å²) in [6.45, 7) is 1.62. The van der Waals surface area contributed by atoms with Crippen LogP contribution in [0.15, 0.2) is 85.6 Å². The molecule has 3 aromatic heterocycles. The zero-order chi connectivity index (χ0) is 19.5. The van der Waals surface area contributed by atoms with E-state index in [1.807, 2.05) is 48.9 Å². The quantitative estimate of drug-likeness (QED) is 0.420. The van der Waals surface area contributed by atoms with E-state index in [4.69, 9.17) is 4.98 Å². The summed E-state index contributed by atoms with van der Waals surface area (Å²) in [4.78, 5) is 15.5. The van der Waals surface area contributed by atoms with Gasteiger partial charge in [-0.15, -0.1) is 11.3 Å². The Kier molecular flexibility index (Phi) is 4.76. The zero-order valence-corrected chi connectivity index (χ0v) is 16.5. The molecule has 6 heteroatoms. The largest absolute Gasteiger partial charge is 0.383 e. The van der Waals surface area contributed by atoms with E-state index >= 15 is 0 Å². The Morgan fingerprint density at radius 1 is 0.931 bits per heavy atom. The van der Waals surface area contributed by atoms with Gasteiger partial charge >= 0.3 is 0 Å². The third-order valence-electron chi connectivity index (χ3n) is 4.77. The molecule has 0 fully saturated rings. The first-order valence-electron chi connectivity index (χ1n) is 9.48. The van der Waals surface area contributed by atoms with E-state index in [2.05, 4.69) is 50.2 Å². The number of nitrogens with one attached hydrogen (secondary N) is 1. The molecular weight excluding hydrogens is 378 g/mol. The number of hydrogen-bond acceptors (Lipinski definition) is 5. The van der Waals surface area contributed by atoms with Crippen molar-refractivity contribution in [2.24, 2.45) is 0 Å². The Morgan fingerprint density at radius 2 is 1.72 bits per heavy atom. The van der Waals surface area contributed by atoms with Crippen molar-refractivity contribution in [1.29, 1.82) is 0 Å². The van der Waals surface area contributed by atoms with Crippen LogP contribution < -0.4 is 5.32 Å². The van der Waals surface area contributed by atoms with Gasteiger partial charge < -0.3 is 9.88 Å². The highest BCUT2D eigenvalue weighted by Crippen LogP contribution is 2.37. The summed E-state index contributed by atoms with van der Waals surface area (Å²) >= 11 is 1.68. The molecule has 0 bridgehead atoms. The number of nitrogens with zero attached hydrogens (tertiary/aromatic N) is 4. The molecule has 0 spiro atoms. The third kappa shape index (κ3) is 3.62. The molecule has 0 radical (unpaired) electrons. The van der Waals surface area contributed by atoms with Crippen LogP contribution in [0.1, 0.15) is 0 Å². The highest BCUT2D eigenvalue weighted by atomic mass is 32.1. The monoisotopic (exact) mass is 397 g/mol. The zero-order valence-electron chi connectivity index (χ0n) is 15.7. The Balaban J connectivity index is 1.52. The summed E-state index contributed by atoms with van der Waals surface area (Å²) in [6.07, 6.45) is 5.39. The molecule has 1 N–H and O–H groups in total. The maximum Gasteiger partial charge on any atom is 0.127 e. The maximum absolute atomic E-state index is 4.76. The van der Waals surface area contributed by atoms with E-state index in [9.17, 15) is 0 Å². The van der Waals surface area contributed by atoms with Crippen molar-refractivity contribution >= 4 is 27.2 Å². The first kappa shape index (κ1) is 17.6. The van der Waals surface area contributed by atoms with E-state index in [1.54, 1.807) is 17.7 Å². The molecule has 0 amide bonds. The van der Waals surface area contributed by atoms with E-state index in [1.165, 1.54) is 0 Å². The fourth-order valence-electron chi connectivity index (χ4n) is 3.40. The van der Waals surface area contributed by atoms with Gasteiger partial charge in [-0.3, -0.25) is 0 Å². The predicted molar refractivity (Wildman–Crippen MR) is 119 cm³/mol. The average Bonchev–Trinajstić information content (AvgIpc) is 3.39. The van der Waals surface area contributed by atoms with E-state index < -0.39 is 0 Å². The minimum absolute atomic E-state index is 0.810. The second-order valence-corrected chi connectivity index (χ2v) is 7.72. The van der Waals surface area contributed by atoms with Gasteiger partial charge in [-0.05, 0) is 18.2 Å². The van der Waals surface area contributed by atoms with Gasteiger partial charge in [0.2, 0.25) is 0 Å². The molecule has 0 saturated heterocycles. The summed E-state index contributed by atoms with van der Waals surface area (Å²) in [5.41, 5.74) is 4.34. The molecular formula is C23H19N5S. The summed E-state index contributed by atoms with van der Waals surface area (Å²) in [7, 11) is 0. The SMILES string of the molecule is c1ccc(NCCn2cnc(-c3ccccc3)c2-c2cc3cncnc3s2)cc1. The van der Waals surface area contributed by atoms with E-state index in [0.29, 0.717) is 0 Å². The number of thiophene rings is 1. The van der Waals surface area contributed by atoms with Crippen LogP contribution in [-0.4, -0.2) is 26.1 Å². The maximum atomic E-state index is 4.76. The van der Waals surface area contributed by atoms with Crippen LogP contribution in [0.4, 0.5) is 5.69 Å². The molecule has 0 saturated carbocycles. The standard InChI is InChI=1S/C23H19N5S/c1-3-7-17(8-4-1)21-22(20-13-18-14-24-15-26-23(18)29-20)28(16-27-21)12-11-25-19-9-5-2-6-10-19/h1-10,13-16,25H,11-12H2. The molecule has 142 valence electrons. The minimum Gasteiger partial charge on any atom is -0.383 e. The van der Waals surface area contributed by atoms with Gasteiger partial charge in [0, 0.05) is 35.9 Å². The number of para-hydroxylation sites is 1. The molecule has 29 heavy (non-hydrogen) atoms. The lowest BCUT2D eigenvalue weighted by atomic mass is 10.1. The summed E-state index contributed by atoms with van der Waals surface area (Å²) in [6, 6.07) is 22.7. The summed E-state index contributed by atoms with van der Waals surface area (Å²) < 4.78 is 2.22. The smallest absolute Gasteiger partial charge is 0.127 e. The molecule has 0 aliphatic carbocycles. The molecule has 0 atom stereocenters. The Labute approximate surface area is 172 Å². The van der Waals surface area contributed by atoms with E-state index in [-0.39, 0.29) is 0 Å². The van der Waals surface area contributed by atoms with Crippen LogP contribution in [0.5, 0.6) is 0 Å². The molecule has 0 aliphatic rings. The van der Waals surface area contributed by atoms with Crippen molar-refractivity contribution in [1.82, 2.24) is 19.5 Å². The third-order valence-corrected chi connectivity index (χ3v) is 5.84. The summed E-state index contributed by atoms with van der Waals surface area (Å²) in [5.74, 6) is 0. The molecule has 5 nitrogen and oxygen atoms in total. The van der Waals surface area contributed by atoms with Crippen molar-refractivity contribution in [3.05, 3.63) is 85.6 Å². The normalized spacial score (nSPS) is 11.0. The Bertz CT molecular complexity index is 1200. The van der Waals surface area contributed by atoms with Crippen LogP contribution in [0.2, 0.25) is 0 Å². The lowest BCUT2D eigenvalue weighted by Crippen LogP contribution is -2.10. The number of anilines is 1. The second kappa shape index (κ2) is 7.85. The van der Waals surface area contributed by atoms with E-state index in [0.717, 1.165) is 50.8 Å². The van der Waals surface area contributed by atoms with Crippen molar-refractivity contribution in [2.45, 2.75) is 6.54 Å². The Morgan fingerprint density at radius 3 is 2.52 bits per heavy atom. The highest BCUT2D eigenvalue weighted by Gasteiger charge is 2.17. The molecule has 3 heterocycles. The van der Waals surface area contributed by atoms with Crippen LogP contribution >= 0.6 is 11.3 Å². The van der Waals surface area contributed by atoms with Crippen molar-refractivity contribution in [3.63, 3.8) is 0 Å². The molecule has 5 aromatic rings. The summed E-state index contributed by atoms with van der Waals surface area (Å²) in [5, 5.41) is 4.54.